The maximum Gasteiger partial charge on any atom is 0.338 e. The Labute approximate surface area is 176 Å². The van der Waals surface area contributed by atoms with E-state index in [9.17, 15) is 13.2 Å². The van der Waals surface area contributed by atoms with Gasteiger partial charge in [-0.15, -0.1) is 0 Å². The molecule has 1 aliphatic rings. The molecule has 0 saturated carbocycles. The van der Waals surface area contributed by atoms with Gasteiger partial charge in [-0.3, -0.25) is 9.71 Å². The normalized spacial score (nSPS) is 16.8. The molecule has 1 unspecified atom stereocenters. The van der Waals surface area contributed by atoms with Crippen molar-refractivity contribution in [3.63, 3.8) is 0 Å². The molecule has 1 atom stereocenters. The standard InChI is InChI=1S/C21H23ClN2O4S/c1-14-3-7-19(8-4-14)29(26,27)24-18-6-5-16(20(11-18)21(25)28-2)9-15-10-17(22)13-23-12-15/h3,5-6,10-13,19,24H,4,7-9H2,1-2H3. The van der Waals surface area contributed by atoms with Crippen molar-refractivity contribution in [1.82, 2.24) is 4.98 Å². The van der Waals surface area contributed by atoms with E-state index < -0.39 is 21.2 Å². The van der Waals surface area contributed by atoms with Crippen LogP contribution in [0.2, 0.25) is 5.02 Å². The van der Waals surface area contributed by atoms with Gasteiger partial charge in [-0.2, -0.15) is 0 Å². The zero-order valence-electron chi connectivity index (χ0n) is 16.3. The SMILES string of the molecule is COC(=O)c1cc(NS(=O)(=O)C2CC=C(C)CC2)ccc1Cc1cncc(Cl)c1. The summed E-state index contributed by atoms with van der Waals surface area (Å²) in [5.74, 6) is -0.535. The van der Waals surface area contributed by atoms with E-state index in [2.05, 4.69) is 9.71 Å². The summed E-state index contributed by atoms with van der Waals surface area (Å²) in [5, 5.41) is 0.0215. The number of allylic oxidation sites excluding steroid dienone is 2. The quantitative estimate of drug-likeness (QED) is 0.539. The van der Waals surface area contributed by atoms with Gasteiger partial charge in [-0.25, -0.2) is 13.2 Å². The first-order valence-electron chi connectivity index (χ1n) is 9.26. The van der Waals surface area contributed by atoms with Crippen molar-refractivity contribution >= 4 is 33.3 Å². The molecule has 154 valence electrons. The number of hydrogen-bond acceptors (Lipinski definition) is 5. The second kappa shape index (κ2) is 8.97. The maximum atomic E-state index is 12.7. The van der Waals surface area contributed by atoms with Crippen LogP contribution in [0.5, 0.6) is 0 Å². The maximum absolute atomic E-state index is 12.7. The molecule has 1 aromatic carbocycles. The first-order valence-corrected chi connectivity index (χ1v) is 11.2. The number of pyridine rings is 1. The fourth-order valence-electron chi connectivity index (χ4n) is 3.34. The molecular formula is C21H23ClN2O4S. The average Bonchev–Trinajstić information content (AvgIpc) is 2.68. The highest BCUT2D eigenvalue weighted by Gasteiger charge is 2.27. The number of sulfonamides is 1. The minimum absolute atomic E-state index is 0.298. The van der Waals surface area contributed by atoms with Crippen molar-refractivity contribution in [2.24, 2.45) is 0 Å². The van der Waals surface area contributed by atoms with E-state index in [0.29, 0.717) is 41.1 Å². The van der Waals surface area contributed by atoms with Crippen molar-refractivity contribution < 1.29 is 17.9 Å². The highest BCUT2D eigenvalue weighted by Crippen LogP contribution is 2.26. The molecule has 1 aliphatic carbocycles. The zero-order chi connectivity index (χ0) is 21.0. The molecule has 29 heavy (non-hydrogen) atoms. The van der Waals surface area contributed by atoms with E-state index in [4.69, 9.17) is 16.3 Å². The Hall–Kier alpha value is -2.38. The highest BCUT2D eigenvalue weighted by atomic mass is 35.5. The number of ether oxygens (including phenoxy) is 1. The number of methoxy groups -OCH3 is 1. The van der Waals surface area contributed by atoms with Crippen LogP contribution in [0.3, 0.4) is 0 Å². The predicted octanol–water partition coefficient (Wildman–Crippen LogP) is 4.35. The Morgan fingerprint density at radius 2 is 2.10 bits per heavy atom. The molecule has 8 heteroatoms. The van der Waals surface area contributed by atoms with Crippen LogP contribution in [0.4, 0.5) is 5.69 Å². The molecule has 2 aromatic rings. The van der Waals surface area contributed by atoms with Gasteiger partial charge in [0.2, 0.25) is 10.0 Å². The second-order valence-electron chi connectivity index (χ2n) is 7.15. The van der Waals surface area contributed by atoms with Crippen LogP contribution in [-0.2, 0) is 21.2 Å². The number of nitrogens with zero attached hydrogens (tertiary/aromatic N) is 1. The van der Waals surface area contributed by atoms with Crippen LogP contribution < -0.4 is 4.72 Å². The lowest BCUT2D eigenvalue weighted by Crippen LogP contribution is -2.29. The number of rotatable bonds is 6. The van der Waals surface area contributed by atoms with Crippen LogP contribution in [0.25, 0.3) is 0 Å². The summed E-state index contributed by atoms with van der Waals surface area (Å²) >= 11 is 5.99. The van der Waals surface area contributed by atoms with E-state index in [1.807, 2.05) is 13.0 Å². The molecule has 1 heterocycles. The topological polar surface area (TPSA) is 85.4 Å². The van der Waals surface area contributed by atoms with Gasteiger partial charge in [0, 0.05) is 18.1 Å². The Kier molecular flexibility index (Phi) is 6.59. The number of benzene rings is 1. The molecule has 1 N–H and O–H groups in total. The summed E-state index contributed by atoms with van der Waals surface area (Å²) < 4.78 is 33.0. The van der Waals surface area contributed by atoms with Gasteiger partial charge in [0.25, 0.3) is 0 Å². The summed E-state index contributed by atoms with van der Waals surface area (Å²) in [6, 6.07) is 6.66. The van der Waals surface area contributed by atoms with E-state index >= 15 is 0 Å². The van der Waals surface area contributed by atoms with Gasteiger partial charge in [-0.05, 0) is 61.9 Å². The molecule has 0 bridgehead atoms. The summed E-state index contributed by atoms with van der Waals surface area (Å²) in [4.78, 5) is 16.4. The fourth-order valence-corrected chi connectivity index (χ4v) is 4.93. The van der Waals surface area contributed by atoms with Crippen molar-refractivity contribution in [2.75, 3.05) is 11.8 Å². The van der Waals surface area contributed by atoms with Gasteiger partial charge < -0.3 is 4.74 Å². The summed E-state index contributed by atoms with van der Waals surface area (Å²) in [5.41, 5.74) is 3.38. The molecule has 3 rings (SSSR count). The molecule has 0 radical (unpaired) electrons. The van der Waals surface area contributed by atoms with Crippen LogP contribution in [-0.4, -0.2) is 31.7 Å². The van der Waals surface area contributed by atoms with E-state index in [-0.39, 0.29) is 0 Å². The molecule has 0 amide bonds. The molecule has 0 spiro atoms. The molecule has 0 fully saturated rings. The largest absolute Gasteiger partial charge is 0.465 e. The summed E-state index contributed by atoms with van der Waals surface area (Å²) in [6.45, 7) is 2.01. The van der Waals surface area contributed by atoms with E-state index in [1.165, 1.54) is 24.9 Å². The average molecular weight is 435 g/mol. The molecule has 6 nitrogen and oxygen atoms in total. The Balaban J connectivity index is 1.86. The first kappa shape index (κ1) is 21.3. The Morgan fingerprint density at radius 1 is 1.31 bits per heavy atom. The molecule has 1 aromatic heterocycles. The van der Waals surface area contributed by atoms with Gasteiger partial charge in [0.05, 0.1) is 22.9 Å². The monoisotopic (exact) mass is 434 g/mol. The summed E-state index contributed by atoms with van der Waals surface area (Å²) in [6.07, 6.45) is 7.43. The third kappa shape index (κ3) is 5.36. The van der Waals surface area contributed by atoms with E-state index in [0.717, 1.165) is 12.0 Å². The number of anilines is 1. The number of carbonyl (C=O) groups is 1. The number of aromatic nitrogens is 1. The Bertz CT molecular complexity index is 1050. The zero-order valence-corrected chi connectivity index (χ0v) is 17.9. The van der Waals surface area contributed by atoms with E-state index in [1.54, 1.807) is 24.4 Å². The van der Waals surface area contributed by atoms with Crippen LogP contribution in [0, 0.1) is 0 Å². The van der Waals surface area contributed by atoms with Gasteiger partial charge in [0.1, 0.15) is 0 Å². The van der Waals surface area contributed by atoms with Gasteiger partial charge >= 0.3 is 5.97 Å². The number of halogens is 1. The van der Waals surface area contributed by atoms with Gasteiger partial charge in [-0.1, -0.05) is 29.3 Å². The number of hydrogen-bond donors (Lipinski definition) is 1. The van der Waals surface area contributed by atoms with Crippen LogP contribution >= 0.6 is 11.6 Å². The number of nitrogens with one attached hydrogen (secondary N) is 1. The minimum atomic E-state index is -3.56. The summed E-state index contributed by atoms with van der Waals surface area (Å²) in [7, 11) is -2.27. The number of esters is 1. The fraction of sp³-hybridized carbons (Fsp3) is 0.333. The van der Waals surface area contributed by atoms with Gasteiger partial charge in [0.15, 0.2) is 0 Å². The predicted molar refractivity (Wildman–Crippen MR) is 114 cm³/mol. The first-order chi connectivity index (χ1) is 13.8. The third-order valence-corrected chi connectivity index (χ3v) is 6.99. The van der Waals surface area contributed by atoms with Crippen LogP contribution in [0.15, 0.2) is 48.3 Å². The highest BCUT2D eigenvalue weighted by molar-refractivity contribution is 7.93. The van der Waals surface area contributed by atoms with Crippen molar-refractivity contribution in [3.05, 3.63) is 70.0 Å². The minimum Gasteiger partial charge on any atom is -0.465 e. The Morgan fingerprint density at radius 3 is 2.76 bits per heavy atom. The van der Waals surface area contributed by atoms with Crippen molar-refractivity contribution in [3.8, 4) is 0 Å². The molecule has 0 aliphatic heterocycles. The lowest BCUT2D eigenvalue weighted by Gasteiger charge is -2.22. The lowest BCUT2D eigenvalue weighted by atomic mass is 10.00. The van der Waals surface area contributed by atoms with Crippen LogP contribution in [0.1, 0.15) is 47.7 Å². The van der Waals surface area contributed by atoms with Crippen molar-refractivity contribution in [1.29, 1.82) is 0 Å². The lowest BCUT2D eigenvalue weighted by molar-refractivity contribution is 0.0599. The number of carbonyl (C=O) groups excluding carboxylic acids is 1. The van der Waals surface area contributed by atoms with Crippen molar-refractivity contribution in [2.45, 2.75) is 37.9 Å². The smallest absolute Gasteiger partial charge is 0.338 e. The third-order valence-electron chi connectivity index (χ3n) is 4.96. The second-order valence-corrected chi connectivity index (χ2v) is 9.54. The molecular weight excluding hydrogens is 412 g/mol. The molecule has 0 saturated heterocycles.